The highest BCUT2D eigenvalue weighted by Gasteiger charge is 2.28. The minimum atomic E-state index is -0.254. The monoisotopic (exact) mass is 263 g/mol. The third-order valence-corrected chi connectivity index (χ3v) is 2.71. The third-order valence-electron chi connectivity index (χ3n) is 2.71. The maximum atomic E-state index is 12.3. The number of nitrogens with zero attached hydrogens (tertiary/aromatic N) is 1. The van der Waals surface area contributed by atoms with Crippen molar-refractivity contribution in [3.05, 3.63) is 23.9 Å². The number of hydrogen-bond donors (Lipinski definition) is 2. The highest BCUT2D eigenvalue weighted by atomic mass is 16.1. The van der Waals surface area contributed by atoms with Crippen LogP contribution < -0.4 is 10.6 Å². The fraction of sp³-hybridized carbons (Fsp3) is 0.600. The van der Waals surface area contributed by atoms with Crippen LogP contribution in [0.15, 0.2) is 18.3 Å². The zero-order chi connectivity index (χ0) is 14.7. The highest BCUT2D eigenvalue weighted by Crippen LogP contribution is 2.27. The van der Waals surface area contributed by atoms with Gasteiger partial charge in [-0.2, -0.15) is 0 Å². The molecule has 0 aliphatic carbocycles. The standard InChI is InChI=1S/C15H25N3O/c1-14(2,3)10-15(4,5)18-13(19)11-8-7-9-17-12(11)16-6/h7-9H,10H2,1-6H3,(H,16,17)(H,18,19). The zero-order valence-electron chi connectivity index (χ0n) is 12.8. The number of nitrogens with one attached hydrogen (secondary N) is 2. The minimum Gasteiger partial charge on any atom is -0.372 e. The Hall–Kier alpha value is -1.58. The Bertz CT molecular complexity index is 447. The number of aromatic nitrogens is 1. The van der Waals surface area contributed by atoms with Crippen molar-refractivity contribution >= 4 is 11.7 Å². The van der Waals surface area contributed by atoms with E-state index in [1.807, 2.05) is 13.8 Å². The highest BCUT2D eigenvalue weighted by molar-refractivity contribution is 5.99. The average Bonchev–Trinajstić information content (AvgIpc) is 2.24. The van der Waals surface area contributed by atoms with Gasteiger partial charge in [0.15, 0.2) is 0 Å². The summed E-state index contributed by atoms with van der Waals surface area (Å²) >= 11 is 0. The van der Waals surface area contributed by atoms with E-state index < -0.39 is 0 Å². The first-order chi connectivity index (χ1) is 8.64. The molecule has 1 amide bonds. The molecule has 0 fully saturated rings. The molecule has 0 unspecified atom stereocenters. The summed E-state index contributed by atoms with van der Waals surface area (Å²) < 4.78 is 0. The van der Waals surface area contributed by atoms with Crippen LogP contribution in [0.2, 0.25) is 0 Å². The van der Waals surface area contributed by atoms with Gasteiger partial charge in [0, 0.05) is 18.8 Å². The molecule has 0 spiro atoms. The summed E-state index contributed by atoms with van der Waals surface area (Å²) in [7, 11) is 1.76. The molecule has 1 aromatic heterocycles. The number of amides is 1. The van der Waals surface area contributed by atoms with Gasteiger partial charge in [-0.3, -0.25) is 4.79 Å². The van der Waals surface area contributed by atoms with E-state index in [2.05, 4.69) is 36.4 Å². The predicted molar refractivity (Wildman–Crippen MR) is 79.4 cm³/mol. The fourth-order valence-corrected chi connectivity index (χ4v) is 2.53. The van der Waals surface area contributed by atoms with Crippen molar-refractivity contribution in [3.8, 4) is 0 Å². The lowest BCUT2D eigenvalue weighted by atomic mass is 9.81. The molecule has 0 aliphatic rings. The first kappa shape index (κ1) is 15.5. The van der Waals surface area contributed by atoms with Gasteiger partial charge in [-0.25, -0.2) is 4.98 Å². The summed E-state index contributed by atoms with van der Waals surface area (Å²) in [5.74, 6) is 0.512. The van der Waals surface area contributed by atoms with E-state index in [0.717, 1.165) is 6.42 Å². The van der Waals surface area contributed by atoms with Crippen molar-refractivity contribution in [2.75, 3.05) is 12.4 Å². The molecule has 106 valence electrons. The smallest absolute Gasteiger partial charge is 0.255 e. The third kappa shape index (κ3) is 4.89. The molecular formula is C15H25N3O. The van der Waals surface area contributed by atoms with Crippen LogP contribution in [0.1, 0.15) is 51.4 Å². The topological polar surface area (TPSA) is 54.0 Å². The van der Waals surface area contributed by atoms with Crippen molar-refractivity contribution in [1.29, 1.82) is 0 Å². The first-order valence-electron chi connectivity index (χ1n) is 6.60. The molecule has 1 heterocycles. The van der Waals surface area contributed by atoms with Gasteiger partial charge in [0.1, 0.15) is 5.82 Å². The van der Waals surface area contributed by atoms with Crippen LogP contribution in [0.25, 0.3) is 0 Å². The second-order valence-corrected chi connectivity index (χ2v) is 6.73. The van der Waals surface area contributed by atoms with Crippen LogP contribution in [0.5, 0.6) is 0 Å². The van der Waals surface area contributed by atoms with Gasteiger partial charge in [-0.15, -0.1) is 0 Å². The minimum absolute atomic E-state index is 0.0910. The van der Waals surface area contributed by atoms with Crippen LogP contribution in [-0.4, -0.2) is 23.5 Å². The summed E-state index contributed by atoms with van der Waals surface area (Å²) in [5.41, 5.74) is 0.486. The lowest BCUT2D eigenvalue weighted by Crippen LogP contribution is -2.46. The van der Waals surface area contributed by atoms with Gasteiger partial charge in [0.25, 0.3) is 5.91 Å². The van der Waals surface area contributed by atoms with Gasteiger partial charge in [0.2, 0.25) is 0 Å². The first-order valence-corrected chi connectivity index (χ1v) is 6.60. The Labute approximate surface area is 116 Å². The lowest BCUT2D eigenvalue weighted by molar-refractivity contribution is 0.0892. The normalized spacial score (nSPS) is 12.1. The lowest BCUT2D eigenvalue weighted by Gasteiger charge is -2.33. The molecule has 4 heteroatoms. The van der Waals surface area contributed by atoms with Crippen LogP contribution >= 0.6 is 0 Å². The number of carbonyl (C=O) groups is 1. The second-order valence-electron chi connectivity index (χ2n) is 6.73. The largest absolute Gasteiger partial charge is 0.372 e. The fourth-order valence-electron chi connectivity index (χ4n) is 2.53. The Balaban J connectivity index is 2.85. The summed E-state index contributed by atoms with van der Waals surface area (Å²) in [5, 5.41) is 6.02. The molecule has 0 saturated heterocycles. The molecule has 0 aromatic carbocycles. The molecule has 1 rings (SSSR count). The van der Waals surface area contributed by atoms with E-state index in [9.17, 15) is 4.79 Å². The van der Waals surface area contributed by atoms with Crippen LogP contribution in [-0.2, 0) is 0 Å². The van der Waals surface area contributed by atoms with Gasteiger partial charge in [-0.1, -0.05) is 20.8 Å². The van der Waals surface area contributed by atoms with E-state index in [-0.39, 0.29) is 16.9 Å². The maximum Gasteiger partial charge on any atom is 0.255 e. The average molecular weight is 263 g/mol. The molecule has 0 aliphatic heterocycles. The van der Waals surface area contributed by atoms with E-state index in [0.29, 0.717) is 11.4 Å². The Morgan fingerprint density at radius 1 is 1.26 bits per heavy atom. The molecule has 1 aromatic rings. The molecule has 0 saturated carbocycles. The van der Waals surface area contributed by atoms with E-state index in [1.165, 1.54) is 0 Å². The molecule has 0 radical (unpaired) electrons. The second kappa shape index (κ2) is 5.59. The SMILES string of the molecule is CNc1ncccc1C(=O)NC(C)(C)CC(C)(C)C. The van der Waals surface area contributed by atoms with Gasteiger partial charge in [0.05, 0.1) is 5.56 Å². The number of carbonyl (C=O) groups excluding carboxylic acids is 1. The number of pyridine rings is 1. The van der Waals surface area contributed by atoms with Crippen molar-refractivity contribution in [1.82, 2.24) is 10.3 Å². The van der Waals surface area contributed by atoms with Crippen LogP contribution in [0, 0.1) is 5.41 Å². The zero-order valence-corrected chi connectivity index (χ0v) is 12.8. The van der Waals surface area contributed by atoms with Crippen LogP contribution in [0.4, 0.5) is 5.82 Å². The van der Waals surface area contributed by atoms with E-state index >= 15 is 0 Å². The van der Waals surface area contributed by atoms with Crippen molar-refractivity contribution in [2.24, 2.45) is 5.41 Å². The molecule has 0 atom stereocenters. The van der Waals surface area contributed by atoms with Crippen molar-refractivity contribution in [2.45, 2.75) is 46.6 Å². The summed E-state index contributed by atoms with van der Waals surface area (Å²) in [6.07, 6.45) is 2.57. The Morgan fingerprint density at radius 3 is 2.42 bits per heavy atom. The summed E-state index contributed by atoms with van der Waals surface area (Å²) in [6, 6.07) is 3.55. The summed E-state index contributed by atoms with van der Waals surface area (Å²) in [4.78, 5) is 16.5. The van der Waals surface area contributed by atoms with Gasteiger partial charge in [-0.05, 0) is 37.8 Å². The molecule has 2 N–H and O–H groups in total. The Kier molecular flexibility index (Phi) is 4.56. The quantitative estimate of drug-likeness (QED) is 0.877. The predicted octanol–water partition coefficient (Wildman–Crippen LogP) is 3.07. The van der Waals surface area contributed by atoms with Crippen molar-refractivity contribution in [3.63, 3.8) is 0 Å². The molecular weight excluding hydrogens is 238 g/mol. The summed E-state index contributed by atoms with van der Waals surface area (Å²) in [6.45, 7) is 10.6. The Morgan fingerprint density at radius 2 is 1.89 bits per heavy atom. The van der Waals surface area contributed by atoms with E-state index in [4.69, 9.17) is 0 Å². The number of hydrogen-bond acceptors (Lipinski definition) is 3. The van der Waals surface area contributed by atoms with E-state index in [1.54, 1.807) is 25.4 Å². The molecule has 4 nitrogen and oxygen atoms in total. The van der Waals surface area contributed by atoms with Crippen LogP contribution in [0.3, 0.4) is 0 Å². The number of rotatable bonds is 4. The van der Waals surface area contributed by atoms with Gasteiger partial charge >= 0.3 is 0 Å². The molecule has 19 heavy (non-hydrogen) atoms. The maximum absolute atomic E-state index is 12.3. The van der Waals surface area contributed by atoms with Gasteiger partial charge < -0.3 is 10.6 Å². The molecule has 0 bridgehead atoms. The van der Waals surface area contributed by atoms with Crippen molar-refractivity contribution < 1.29 is 4.79 Å². The number of anilines is 1.